The molecule has 1 saturated heterocycles. The second-order valence-corrected chi connectivity index (χ2v) is 9.04. The molecule has 0 N–H and O–H groups in total. The lowest BCUT2D eigenvalue weighted by atomic mass is 9.96. The Morgan fingerprint density at radius 1 is 1.15 bits per heavy atom. The number of hydrogen-bond donors (Lipinski definition) is 0. The second kappa shape index (κ2) is 7.53. The summed E-state index contributed by atoms with van der Waals surface area (Å²) in [6.45, 7) is 3.62. The van der Waals surface area contributed by atoms with Gasteiger partial charge in [0.2, 0.25) is 11.8 Å². The van der Waals surface area contributed by atoms with Crippen molar-refractivity contribution in [1.82, 2.24) is 9.80 Å². The molecule has 2 aliphatic rings. The number of rotatable bonds is 4. The van der Waals surface area contributed by atoms with E-state index in [1.165, 1.54) is 10.4 Å². The van der Waals surface area contributed by atoms with Crippen molar-refractivity contribution < 1.29 is 9.59 Å². The van der Waals surface area contributed by atoms with Gasteiger partial charge in [-0.05, 0) is 54.1 Å². The van der Waals surface area contributed by atoms with Crippen LogP contribution in [0.4, 0.5) is 0 Å². The molecule has 4 rings (SSSR count). The summed E-state index contributed by atoms with van der Waals surface area (Å²) in [5.41, 5.74) is 1.31. The van der Waals surface area contributed by atoms with Gasteiger partial charge in [0.15, 0.2) is 0 Å². The van der Waals surface area contributed by atoms with Crippen molar-refractivity contribution in [2.75, 3.05) is 13.1 Å². The van der Waals surface area contributed by atoms with Gasteiger partial charge in [-0.25, -0.2) is 0 Å². The minimum atomic E-state index is -0.281. The highest BCUT2D eigenvalue weighted by Gasteiger charge is 2.40. The minimum absolute atomic E-state index is 0.0876. The van der Waals surface area contributed by atoms with Gasteiger partial charge in [-0.3, -0.25) is 9.59 Å². The molecule has 0 radical (unpaired) electrons. The zero-order valence-corrected chi connectivity index (χ0v) is 16.7. The van der Waals surface area contributed by atoms with Gasteiger partial charge in [0.05, 0.1) is 12.5 Å². The Kier molecular flexibility index (Phi) is 5.14. The standard InChI is InChI=1S/C20H24N2O2S2/c1-2-16-15-8-12-26-18(15)7-10-22(16)20(24)17-6-3-9-21(17)19(23)13-14-5-4-11-25-14/h4-5,8,11-12,16-17H,2-3,6-7,9-10,13H2,1H3. The number of carbonyl (C=O) groups is 2. The van der Waals surface area contributed by atoms with Crippen molar-refractivity contribution in [3.05, 3.63) is 44.3 Å². The van der Waals surface area contributed by atoms with E-state index >= 15 is 0 Å². The van der Waals surface area contributed by atoms with Gasteiger partial charge in [-0.2, -0.15) is 0 Å². The van der Waals surface area contributed by atoms with Crippen molar-refractivity contribution in [3.63, 3.8) is 0 Å². The summed E-state index contributed by atoms with van der Waals surface area (Å²) in [6.07, 6.45) is 3.98. The fraction of sp³-hybridized carbons (Fsp3) is 0.500. The van der Waals surface area contributed by atoms with E-state index < -0.39 is 0 Å². The zero-order valence-electron chi connectivity index (χ0n) is 15.0. The Morgan fingerprint density at radius 3 is 2.81 bits per heavy atom. The summed E-state index contributed by atoms with van der Waals surface area (Å²) in [7, 11) is 0. The third-order valence-electron chi connectivity index (χ3n) is 5.53. The first-order valence-corrected chi connectivity index (χ1v) is 11.1. The second-order valence-electron chi connectivity index (χ2n) is 7.01. The number of hydrogen-bond acceptors (Lipinski definition) is 4. The molecule has 4 nitrogen and oxygen atoms in total. The predicted octanol–water partition coefficient (Wildman–Crippen LogP) is 3.88. The number of fused-ring (bicyclic) bond motifs is 1. The van der Waals surface area contributed by atoms with E-state index in [1.54, 1.807) is 22.7 Å². The van der Waals surface area contributed by atoms with Gasteiger partial charge in [-0.15, -0.1) is 22.7 Å². The third-order valence-corrected chi connectivity index (χ3v) is 7.40. The maximum absolute atomic E-state index is 13.4. The largest absolute Gasteiger partial charge is 0.333 e. The maximum Gasteiger partial charge on any atom is 0.245 e. The molecular weight excluding hydrogens is 364 g/mol. The predicted molar refractivity (Wildman–Crippen MR) is 106 cm³/mol. The lowest BCUT2D eigenvalue weighted by molar-refractivity contribution is -0.145. The van der Waals surface area contributed by atoms with Crippen LogP contribution in [0.1, 0.15) is 47.5 Å². The summed E-state index contributed by atoms with van der Waals surface area (Å²) in [5, 5.41) is 4.13. The van der Waals surface area contributed by atoms with Crippen molar-refractivity contribution in [1.29, 1.82) is 0 Å². The highest BCUT2D eigenvalue weighted by molar-refractivity contribution is 7.10. The molecule has 2 amide bonds. The molecular formula is C20H24N2O2S2. The first-order valence-electron chi connectivity index (χ1n) is 9.37. The molecule has 0 aliphatic carbocycles. The molecule has 2 unspecified atom stereocenters. The molecule has 4 heterocycles. The van der Waals surface area contributed by atoms with E-state index in [4.69, 9.17) is 0 Å². The van der Waals surface area contributed by atoms with Crippen LogP contribution >= 0.6 is 22.7 Å². The van der Waals surface area contributed by atoms with Crippen LogP contribution in [0.15, 0.2) is 29.0 Å². The van der Waals surface area contributed by atoms with Crippen molar-refractivity contribution in [2.45, 2.75) is 51.1 Å². The highest BCUT2D eigenvalue weighted by Crippen LogP contribution is 2.36. The van der Waals surface area contributed by atoms with Crippen LogP contribution in [0, 0.1) is 0 Å². The van der Waals surface area contributed by atoms with Gasteiger partial charge in [0, 0.05) is 22.8 Å². The average Bonchev–Trinajstić information content (AvgIpc) is 3.39. The zero-order chi connectivity index (χ0) is 18.1. The Bertz CT molecular complexity index is 784. The third kappa shape index (κ3) is 3.21. The molecule has 1 fully saturated rings. The van der Waals surface area contributed by atoms with E-state index in [1.807, 2.05) is 27.3 Å². The molecule has 2 aromatic rings. The van der Waals surface area contributed by atoms with Crippen LogP contribution in [0.3, 0.4) is 0 Å². The quantitative estimate of drug-likeness (QED) is 0.797. The molecule has 0 bridgehead atoms. The van der Waals surface area contributed by atoms with Crippen LogP contribution in [0.2, 0.25) is 0 Å². The SMILES string of the molecule is CCC1c2ccsc2CCN1C(=O)C1CCCN1C(=O)Cc1cccs1. The summed E-state index contributed by atoms with van der Waals surface area (Å²) in [5.74, 6) is 0.232. The number of likely N-dealkylation sites (tertiary alicyclic amines) is 1. The maximum atomic E-state index is 13.4. The average molecular weight is 389 g/mol. The van der Waals surface area contributed by atoms with Gasteiger partial charge in [0.1, 0.15) is 6.04 Å². The van der Waals surface area contributed by atoms with Crippen LogP contribution in [-0.4, -0.2) is 40.7 Å². The van der Waals surface area contributed by atoms with Crippen molar-refractivity contribution >= 4 is 34.5 Å². The Balaban J connectivity index is 1.50. The number of amides is 2. The Hall–Kier alpha value is -1.66. The van der Waals surface area contributed by atoms with E-state index in [-0.39, 0.29) is 23.9 Å². The lowest BCUT2D eigenvalue weighted by Crippen LogP contribution is -2.50. The molecule has 26 heavy (non-hydrogen) atoms. The summed E-state index contributed by atoms with van der Waals surface area (Å²) in [6, 6.07) is 6.01. The molecule has 0 aromatic carbocycles. The van der Waals surface area contributed by atoms with Gasteiger partial charge in [0.25, 0.3) is 0 Å². The van der Waals surface area contributed by atoms with Gasteiger partial charge in [-0.1, -0.05) is 13.0 Å². The molecule has 6 heteroatoms. The van der Waals surface area contributed by atoms with E-state index in [0.29, 0.717) is 13.0 Å². The first kappa shape index (κ1) is 17.7. The Morgan fingerprint density at radius 2 is 2.04 bits per heavy atom. The fourth-order valence-electron chi connectivity index (χ4n) is 4.28. The number of thiophene rings is 2. The molecule has 2 atom stereocenters. The molecule has 0 spiro atoms. The monoisotopic (exact) mass is 388 g/mol. The van der Waals surface area contributed by atoms with Crippen molar-refractivity contribution in [3.8, 4) is 0 Å². The van der Waals surface area contributed by atoms with E-state index in [2.05, 4.69) is 18.4 Å². The number of nitrogens with zero attached hydrogens (tertiary/aromatic N) is 2. The van der Waals surface area contributed by atoms with E-state index in [9.17, 15) is 9.59 Å². The van der Waals surface area contributed by atoms with Crippen LogP contribution in [-0.2, 0) is 22.4 Å². The van der Waals surface area contributed by atoms with Gasteiger partial charge < -0.3 is 9.80 Å². The minimum Gasteiger partial charge on any atom is -0.333 e. The number of carbonyl (C=O) groups excluding carboxylic acids is 2. The smallest absolute Gasteiger partial charge is 0.245 e. The summed E-state index contributed by atoms with van der Waals surface area (Å²) >= 11 is 3.40. The molecule has 2 aliphatic heterocycles. The molecule has 0 saturated carbocycles. The topological polar surface area (TPSA) is 40.6 Å². The summed E-state index contributed by atoms with van der Waals surface area (Å²) < 4.78 is 0. The lowest BCUT2D eigenvalue weighted by Gasteiger charge is -2.38. The first-order chi connectivity index (χ1) is 12.7. The molecule has 138 valence electrons. The van der Waals surface area contributed by atoms with Crippen molar-refractivity contribution in [2.24, 2.45) is 0 Å². The summed E-state index contributed by atoms with van der Waals surface area (Å²) in [4.78, 5) is 32.5. The normalized spacial score (nSPS) is 22.5. The highest BCUT2D eigenvalue weighted by atomic mass is 32.1. The fourth-order valence-corrected chi connectivity index (χ4v) is 5.90. The van der Waals surface area contributed by atoms with Crippen LogP contribution < -0.4 is 0 Å². The van der Waals surface area contributed by atoms with Gasteiger partial charge >= 0.3 is 0 Å². The van der Waals surface area contributed by atoms with E-state index in [0.717, 1.165) is 37.1 Å². The molecule has 2 aromatic heterocycles. The Labute approximate surface area is 162 Å². The van der Waals surface area contributed by atoms with Crippen LogP contribution in [0.25, 0.3) is 0 Å². The van der Waals surface area contributed by atoms with Crippen LogP contribution in [0.5, 0.6) is 0 Å².